The summed E-state index contributed by atoms with van der Waals surface area (Å²) < 4.78 is 31.7. The van der Waals surface area contributed by atoms with Crippen molar-refractivity contribution in [2.24, 2.45) is 0 Å². The molecule has 0 spiro atoms. The van der Waals surface area contributed by atoms with Crippen LogP contribution in [0.1, 0.15) is 5.69 Å². The molecule has 0 saturated heterocycles. The number of aromatic amines is 1. The highest BCUT2D eigenvalue weighted by Gasteiger charge is 2.13. The smallest absolute Gasteiger partial charge is 0.230 e. The number of amides is 1. The van der Waals surface area contributed by atoms with Gasteiger partial charge in [-0.1, -0.05) is 12.1 Å². The predicted octanol–water partition coefficient (Wildman–Crippen LogP) is 4.19. The van der Waals surface area contributed by atoms with E-state index in [0.29, 0.717) is 16.9 Å². The molecule has 0 aliphatic carbocycles. The molecule has 0 aliphatic heterocycles. The number of carbonyl (C=O) groups excluding carboxylic acids is 1. The average Bonchev–Trinajstić information content (AvgIpc) is 3.36. The van der Waals surface area contributed by atoms with Crippen molar-refractivity contribution < 1.29 is 18.0 Å². The van der Waals surface area contributed by atoms with Gasteiger partial charge in [0.25, 0.3) is 0 Å². The maximum Gasteiger partial charge on any atom is 0.230 e. The molecule has 6 nitrogen and oxygen atoms in total. The van der Waals surface area contributed by atoms with Gasteiger partial charge in [-0.2, -0.15) is 5.10 Å². The Hall–Kier alpha value is -3.81. The third-order valence-electron chi connectivity index (χ3n) is 4.04. The molecule has 140 valence electrons. The Labute approximate surface area is 158 Å². The first-order valence-corrected chi connectivity index (χ1v) is 8.37. The Balaban J connectivity index is 1.44. The SMILES string of the molecule is O=C(Cc1coc(-c2ccc(F)c(F)c2)n1)Nc1cccc(-c2cn[nH]c2)c1. The molecule has 0 unspecified atom stereocenters. The molecular weight excluding hydrogens is 366 g/mol. The minimum atomic E-state index is -0.993. The number of H-pyrrole nitrogens is 1. The Kier molecular flexibility index (Phi) is 4.67. The summed E-state index contributed by atoms with van der Waals surface area (Å²) in [5.41, 5.74) is 3.12. The molecule has 0 saturated carbocycles. The van der Waals surface area contributed by atoms with Crippen molar-refractivity contribution in [3.05, 3.63) is 78.4 Å². The quantitative estimate of drug-likeness (QED) is 0.544. The van der Waals surface area contributed by atoms with E-state index in [0.717, 1.165) is 23.3 Å². The molecular formula is C20H14F2N4O2. The van der Waals surface area contributed by atoms with Crippen LogP contribution in [0, 0.1) is 11.6 Å². The van der Waals surface area contributed by atoms with E-state index in [1.165, 1.54) is 12.3 Å². The standard InChI is InChI=1S/C20H14F2N4O2/c21-17-5-4-13(7-18(17)22)20-26-16(11-28-20)8-19(27)25-15-3-1-2-12(6-15)14-9-23-24-10-14/h1-7,9-11H,8H2,(H,23,24)(H,25,27). The molecule has 0 aliphatic rings. The summed E-state index contributed by atoms with van der Waals surface area (Å²) >= 11 is 0. The van der Waals surface area contributed by atoms with E-state index in [1.807, 2.05) is 18.2 Å². The fourth-order valence-corrected chi connectivity index (χ4v) is 2.70. The summed E-state index contributed by atoms with van der Waals surface area (Å²) in [5.74, 6) is -2.11. The van der Waals surface area contributed by atoms with Gasteiger partial charge in [0.1, 0.15) is 6.26 Å². The number of aromatic nitrogens is 3. The van der Waals surface area contributed by atoms with Gasteiger partial charge in [0.05, 0.1) is 18.3 Å². The number of anilines is 1. The van der Waals surface area contributed by atoms with Crippen LogP contribution in [0.2, 0.25) is 0 Å². The lowest BCUT2D eigenvalue weighted by Gasteiger charge is -2.05. The summed E-state index contributed by atoms with van der Waals surface area (Å²) in [6, 6.07) is 10.7. The van der Waals surface area contributed by atoms with Gasteiger partial charge < -0.3 is 9.73 Å². The van der Waals surface area contributed by atoms with Gasteiger partial charge in [-0.05, 0) is 35.9 Å². The highest BCUT2D eigenvalue weighted by molar-refractivity contribution is 5.92. The van der Waals surface area contributed by atoms with E-state index >= 15 is 0 Å². The maximum atomic E-state index is 13.3. The molecule has 28 heavy (non-hydrogen) atoms. The van der Waals surface area contributed by atoms with Crippen molar-refractivity contribution in [1.29, 1.82) is 0 Å². The molecule has 2 aromatic heterocycles. The van der Waals surface area contributed by atoms with E-state index in [9.17, 15) is 13.6 Å². The van der Waals surface area contributed by atoms with Crippen molar-refractivity contribution >= 4 is 11.6 Å². The average molecular weight is 380 g/mol. The van der Waals surface area contributed by atoms with Crippen molar-refractivity contribution in [2.45, 2.75) is 6.42 Å². The first-order valence-electron chi connectivity index (χ1n) is 8.37. The maximum absolute atomic E-state index is 13.3. The van der Waals surface area contributed by atoms with E-state index in [1.54, 1.807) is 18.5 Å². The van der Waals surface area contributed by atoms with E-state index in [-0.39, 0.29) is 18.2 Å². The van der Waals surface area contributed by atoms with Crippen molar-refractivity contribution in [3.8, 4) is 22.6 Å². The number of nitrogens with zero attached hydrogens (tertiary/aromatic N) is 2. The first kappa shape index (κ1) is 17.6. The van der Waals surface area contributed by atoms with E-state index < -0.39 is 11.6 Å². The van der Waals surface area contributed by atoms with Gasteiger partial charge in [-0.15, -0.1) is 0 Å². The number of rotatable bonds is 5. The third-order valence-corrected chi connectivity index (χ3v) is 4.04. The minimum Gasteiger partial charge on any atom is -0.444 e. The van der Waals surface area contributed by atoms with Crippen molar-refractivity contribution in [3.63, 3.8) is 0 Å². The summed E-state index contributed by atoms with van der Waals surface area (Å²) in [6.07, 6.45) is 4.74. The van der Waals surface area contributed by atoms with E-state index in [4.69, 9.17) is 4.42 Å². The van der Waals surface area contributed by atoms with Crippen molar-refractivity contribution in [1.82, 2.24) is 15.2 Å². The van der Waals surface area contributed by atoms with Crippen LogP contribution >= 0.6 is 0 Å². The molecule has 8 heteroatoms. The topological polar surface area (TPSA) is 83.8 Å². The monoisotopic (exact) mass is 380 g/mol. The molecule has 0 bridgehead atoms. The minimum absolute atomic E-state index is 0.0247. The van der Waals surface area contributed by atoms with Crippen LogP contribution in [0.5, 0.6) is 0 Å². The lowest BCUT2D eigenvalue weighted by Crippen LogP contribution is -2.14. The molecule has 2 heterocycles. The molecule has 2 N–H and O–H groups in total. The van der Waals surface area contributed by atoms with Gasteiger partial charge in [0, 0.05) is 23.0 Å². The molecule has 0 atom stereocenters. The van der Waals surface area contributed by atoms with Gasteiger partial charge in [-0.25, -0.2) is 13.8 Å². The molecule has 2 aromatic carbocycles. The van der Waals surface area contributed by atoms with Gasteiger partial charge in [-0.3, -0.25) is 9.89 Å². The predicted molar refractivity (Wildman–Crippen MR) is 98.2 cm³/mol. The molecule has 1 amide bonds. The van der Waals surface area contributed by atoms with Crippen LogP contribution in [0.25, 0.3) is 22.6 Å². The van der Waals surface area contributed by atoms with Crippen LogP contribution in [-0.4, -0.2) is 21.1 Å². The highest BCUT2D eigenvalue weighted by atomic mass is 19.2. The van der Waals surface area contributed by atoms with E-state index in [2.05, 4.69) is 20.5 Å². The first-order chi connectivity index (χ1) is 13.6. The van der Waals surface area contributed by atoms with Crippen LogP contribution in [0.15, 0.2) is 65.5 Å². The summed E-state index contributed by atoms with van der Waals surface area (Å²) in [6.45, 7) is 0. The van der Waals surface area contributed by atoms with Crippen LogP contribution in [0.3, 0.4) is 0 Å². The lowest BCUT2D eigenvalue weighted by molar-refractivity contribution is -0.115. The highest BCUT2D eigenvalue weighted by Crippen LogP contribution is 2.23. The second-order valence-corrected chi connectivity index (χ2v) is 6.07. The number of hydrogen-bond acceptors (Lipinski definition) is 4. The van der Waals surface area contributed by atoms with Gasteiger partial charge >= 0.3 is 0 Å². The van der Waals surface area contributed by atoms with Gasteiger partial charge in [0.15, 0.2) is 11.6 Å². The number of benzene rings is 2. The fraction of sp³-hybridized carbons (Fsp3) is 0.0500. The zero-order valence-corrected chi connectivity index (χ0v) is 14.4. The fourth-order valence-electron chi connectivity index (χ4n) is 2.70. The number of carbonyl (C=O) groups is 1. The third kappa shape index (κ3) is 3.80. The second kappa shape index (κ2) is 7.43. The largest absolute Gasteiger partial charge is 0.444 e. The zero-order valence-electron chi connectivity index (χ0n) is 14.4. The second-order valence-electron chi connectivity index (χ2n) is 6.07. The Morgan fingerprint density at radius 2 is 1.96 bits per heavy atom. The number of oxazole rings is 1. The Bertz CT molecular complexity index is 1120. The molecule has 4 rings (SSSR count). The number of halogens is 2. The van der Waals surface area contributed by atoms with Crippen LogP contribution < -0.4 is 5.32 Å². The van der Waals surface area contributed by atoms with Crippen molar-refractivity contribution in [2.75, 3.05) is 5.32 Å². The van der Waals surface area contributed by atoms with Crippen LogP contribution in [-0.2, 0) is 11.2 Å². The molecule has 0 fully saturated rings. The molecule has 4 aromatic rings. The Morgan fingerprint density at radius 3 is 2.75 bits per heavy atom. The lowest BCUT2D eigenvalue weighted by atomic mass is 10.1. The van der Waals surface area contributed by atoms with Gasteiger partial charge in [0.2, 0.25) is 11.8 Å². The Morgan fingerprint density at radius 1 is 1.07 bits per heavy atom. The summed E-state index contributed by atoms with van der Waals surface area (Å²) in [5, 5.41) is 9.45. The normalized spacial score (nSPS) is 10.8. The summed E-state index contributed by atoms with van der Waals surface area (Å²) in [4.78, 5) is 16.5. The van der Waals surface area contributed by atoms with Crippen LogP contribution in [0.4, 0.5) is 14.5 Å². The number of nitrogens with one attached hydrogen (secondary N) is 2. The number of hydrogen-bond donors (Lipinski definition) is 2. The molecule has 0 radical (unpaired) electrons. The summed E-state index contributed by atoms with van der Waals surface area (Å²) in [7, 11) is 0. The zero-order chi connectivity index (χ0) is 19.5.